The molecular weight excluding hydrogens is 444 g/mol. The molecule has 4 heterocycles. The predicted octanol–water partition coefficient (Wildman–Crippen LogP) is 1.82. The zero-order valence-electron chi connectivity index (χ0n) is 19.0. The van der Waals surface area contributed by atoms with Gasteiger partial charge in [0.05, 0.1) is 31.3 Å². The summed E-state index contributed by atoms with van der Waals surface area (Å²) in [5.41, 5.74) is 0.169. The second-order valence-corrected chi connectivity index (χ2v) is 9.94. The van der Waals surface area contributed by atoms with Crippen LogP contribution in [0.2, 0.25) is 0 Å². The minimum Gasteiger partial charge on any atom is -0.506 e. The van der Waals surface area contributed by atoms with Crippen molar-refractivity contribution in [1.29, 1.82) is 0 Å². The number of phenols is 1. The molecule has 3 saturated heterocycles. The molecule has 2 bridgehead atoms. The zero-order chi connectivity index (χ0) is 23.6. The highest BCUT2D eigenvalue weighted by atomic mass is 16.8. The Hall–Kier alpha value is -2.43. The van der Waals surface area contributed by atoms with Crippen molar-refractivity contribution in [1.82, 2.24) is 0 Å². The minimum atomic E-state index is -1.28. The Morgan fingerprint density at radius 3 is 2.71 bits per heavy atom. The molecule has 2 aromatic rings. The van der Waals surface area contributed by atoms with Crippen molar-refractivity contribution >= 4 is 16.6 Å². The first-order valence-corrected chi connectivity index (χ1v) is 11.7. The molecule has 0 saturated carbocycles. The summed E-state index contributed by atoms with van der Waals surface area (Å²) >= 11 is 0. The molecular formula is C25H26O9. The molecule has 3 unspecified atom stereocenters. The van der Waals surface area contributed by atoms with E-state index < -0.39 is 35.8 Å². The first kappa shape index (κ1) is 20.9. The van der Waals surface area contributed by atoms with E-state index in [1.165, 1.54) is 0 Å². The lowest BCUT2D eigenvalue weighted by Crippen LogP contribution is -2.68. The van der Waals surface area contributed by atoms with E-state index in [-0.39, 0.29) is 36.7 Å². The van der Waals surface area contributed by atoms with Crippen LogP contribution in [-0.4, -0.2) is 71.1 Å². The maximum atomic E-state index is 12.9. The molecule has 3 N–H and O–H groups in total. The molecule has 0 aromatic heterocycles. The van der Waals surface area contributed by atoms with E-state index in [1.54, 1.807) is 7.11 Å². The standard InChI is InChI=1S/C25H26O9/c1-11-8-13-17(18(29)16-12(19(13)30-2)4-3-5-14(16)28)20-15(11)21-22-23(9-27,32-20)24(10-31-24)25(33-21,34-22)6-7-26/h8,21-22,26-27,29H,3-7,9-10H2,1-2H3/t21?,22?,23-,24+,25?/m1/s1. The summed E-state index contributed by atoms with van der Waals surface area (Å²) in [7, 11) is 1.56. The summed E-state index contributed by atoms with van der Waals surface area (Å²) in [6.45, 7) is 1.59. The lowest BCUT2D eigenvalue weighted by atomic mass is 9.72. The van der Waals surface area contributed by atoms with Crippen LogP contribution >= 0.6 is 0 Å². The van der Waals surface area contributed by atoms with Crippen molar-refractivity contribution in [2.45, 2.75) is 61.8 Å². The third kappa shape index (κ3) is 2.05. The van der Waals surface area contributed by atoms with E-state index in [0.29, 0.717) is 52.7 Å². The van der Waals surface area contributed by atoms with Crippen LogP contribution in [0.5, 0.6) is 17.2 Å². The van der Waals surface area contributed by atoms with Crippen LogP contribution in [0.3, 0.4) is 0 Å². The van der Waals surface area contributed by atoms with E-state index in [1.807, 2.05) is 13.0 Å². The largest absolute Gasteiger partial charge is 0.506 e. The Bertz CT molecular complexity index is 1280. The Kier molecular flexibility index (Phi) is 3.94. The topological polar surface area (TPSA) is 127 Å². The lowest BCUT2D eigenvalue weighted by molar-refractivity contribution is -0.233. The molecule has 5 aliphatic rings. The number of rotatable bonds is 4. The number of benzene rings is 2. The first-order chi connectivity index (χ1) is 16.4. The van der Waals surface area contributed by atoms with Gasteiger partial charge in [0.15, 0.2) is 17.0 Å². The van der Waals surface area contributed by atoms with Gasteiger partial charge in [-0.15, -0.1) is 0 Å². The third-order valence-electron chi connectivity index (χ3n) is 8.48. The number of aromatic hydroxyl groups is 1. The number of carbonyl (C=O) groups excluding carboxylic acids is 1. The summed E-state index contributed by atoms with van der Waals surface area (Å²) < 4.78 is 31.1. The van der Waals surface area contributed by atoms with Gasteiger partial charge in [-0.05, 0) is 31.4 Å². The van der Waals surface area contributed by atoms with Crippen LogP contribution in [0.1, 0.15) is 52.4 Å². The number of aliphatic hydroxyl groups is 2. The molecule has 34 heavy (non-hydrogen) atoms. The number of methoxy groups -OCH3 is 1. The van der Waals surface area contributed by atoms with E-state index in [2.05, 4.69) is 0 Å². The van der Waals surface area contributed by atoms with Crippen LogP contribution in [0, 0.1) is 6.92 Å². The highest BCUT2D eigenvalue weighted by Crippen LogP contribution is 2.71. The van der Waals surface area contributed by atoms with Gasteiger partial charge in [0.1, 0.15) is 29.5 Å². The van der Waals surface area contributed by atoms with Gasteiger partial charge in [0, 0.05) is 36.0 Å². The van der Waals surface area contributed by atoms with Crippen LogP contribution < -0.4 is 9.47 Å². The monoisotopic (exact) mass is 470 g/mol. The molecule has 1 spiro atoms. The SMILES string of the molecule is COc1c2c(c(O)c3c4c(c(C)cc13)C1OC3(CCO)OC1[C@@](CO)(O4)[C@@]31CO1)C(=O)CCC2. The maximum Gasteiger partial charge on any atom is 0.207 e. The number of epoxide rings is 1. The van der Waals surface area contributed by atoms with Gasteiger partial charge in [-0.2, -0.15) is 0 Å². The van der Waals surface area contributed by atoms with E-state index in [9.17, 15) is 20.1 Å². The number of ketones is 1. The quantitative estimate of drug-likeness (QED) is 0.574. The molecule has 0 amide bonds. The van der Waals surface area contributed by atoms with Crippen LogP contribution in [0.4, 0.5) is 0 Å². The number of Topliss-reactive ketones (excluding diaryl/α,β-unsaturated/α-hetero) is 1. The fraction of sp³-hybridized carbons (Fsp3) is 0.560. The highest BCUT2D eigenvalue weighted by Gasteiger charge is 2.89. The van der Waals surface area contributed by atoms with Crippen molar-refractivity contribution < 1.29 is 43.8 Å². The molecule has 1 aliphatic carbocycles. The Morgan fingerprint density at radius 2 is 2.03 bits per heavy atom. The summed E-state index contributed by atoms with van der Waals surface area (Å²) in [6, 6.07) is 1.92. The maximum absolute atomic E-state index is 12.9. The molecule has 9 nitrogen and oxygen atoms in total. The van der Waals surface area contributed by atoms with Crippen molar-refractivity contribution in [3.05, 3.63) is 28.3 Å². The smallest absolute Gasteiger partial charge is 0.207 e. The average molecular weight is 470 g/mol. The predicted molar refractivity (Wildman–Crippen MR) is 116 cm³/mol. The van der Waals surface area contributed by atoms with Gasteiger partial charge in [-0.1, -0.05) is 0 Å². The summed E-state index contributed by atoms with van der Waals surface area (Å²) in [5.74, 6) is -0.601. The molecule has 7 rings (SSSR count). The Morgan fingerprint density at radius 1 is 1.24 bits per heavy atom. The minimum absolute atomic E-state index is 0.133. The van der Waals surface area contributed by atoms with Crippen molar-refractivity contribution in [3.8, 4) is 17.2 Å². The molecule has 5 atom stereocenters. The number of hydrogen-bond acceptors (Lipinski definition) is 9. The lowest BCUT2D eigenvalue weighted by Gasteiger charge is -2.49. The molecule has 180 valence electrons. The second-order valence-electron chi connectivity index (χ2n) is 9.94. The van der Waals surface area contributed by atoms with Crippen molar-refractivity contribution in [3.63, 3.8) is 0 Å². The van der Waals surface area contributed by atoms with Gasteiger partial charge in [0.2, 0.25) is 5.79 Å². The Labute approximate surface area is 195 Å². The fourth-order valence-corrected chi connectivity index (χ4v) is 6.97. The summed E-state index contributed by atoms with van der Waals surface area (Å²) in [4.78, 5) is 12.9. The van der Waals surface area contributed by atoms with E-state index in [4.69, 9.17) is 23.7 Å². The number of phenolic OH excluding ortho intramolecular Hbond substituents is 1. The van der Waals surface area contributed by atoms with Gasteiger partial charge < -0.3 is 39.0 Å². The number of ether oxygens (including phenoxy) is 5. The second kappa shape index (κ2) is 6.41. The Balaban J connectivity index is 1.55. The van der Waals surface area contributed by atoms with Crippen molar-refractivity contribution in [2.24, 2.45) is 0 Å². The fourth-order valence-electron chi connectivity index (χ4n) is 6.97. The normalized spacial score (nSPS) is 36.5. The first-order valence-electron chi connectivity index (χ1n) is 11.7. The van der Waals surface area contributed by atoms with Gasteiger partial charge in [-0.3, -0.25) is 4.79 Å². The van der Waals surface area contributed by atoms with Gasteiger partial charge >= 0.3 is 0 Å². The number of fused-ring (bicyclic) bond motifs is 8. The number of aliphatic hydroxyl groups excluding tert-OH is 2. The number of aryl methyl sites for hydroxylation is 1. The van der Waals surface area contributed by atoms with Gasteiger partial charge in [-0.25, -0.2) is 0 Å². The van der Waals surface area contributed by atoms with Crippen molar-refractivity contribution in [2.75, 3.05) is 26.9 Å². The zero-order valence-corrected chi connectivity index (χ0v) is 19.0. The molecule has 0 radical (unpaired) electrons. The van der Waals surface area contributed by atoms with Crippen LogP contribution in [0.25, 0.3) is 10.8 Å². The van der Waals surface area contributed by atoms with Gasteiger partial charge in [0.25, 0.3) is 0 Å². The third-order valence-corrected chi connectivity index (χ3v) is 8.48. The highest BCUT2D eigenvalue weighted by molar-refractivity contribution is 6.11. The summed E-state index contributed by atoms with van der Waals surface area (Å²) in [5, 5.41) is 32.9. The van der Waals surface area contributed by atoms with E-state index >= 15 is 0 Å². The van der Waals surface area contributed by atoms with Crippen LogP contribution in [-0.2, 0) is 20.6 Å². The van der Waals surface area contributed by atoms with E-state index in [0.717, 1.165) is 5.56 Å². The number of carbonyl (C=O) groups is 1. The van der Waals surface area contributed by atoms with Crippen LogP contribution in [0.15, 0.2) is 6.07 Å². The molecule has 2 aromatic carbocycles. The number of hydrogen-bond donors (Lipinski definition) is 3. The summed E-state index contributed by atoms with van der Waals surface area (Å²) in [6.07, 6.45) is 0.606. The molecule has 9 heteroatoms. The molecule has 3 fully saturated rings. The average Bonchev–Trinajstić information content (AvgIpc) is 3.49. The molecule has 4 aliphatic heterocycles.